The van der Waals surface area contributed by atoms with Gasteiger partial charge in [-0.25, -0.2) is 4.99 Å². The monoisotopic (exact) mass is 470 g/mol. The van der Waals surface area contributed by atoms with Gasteiger partial charge in [0, 0.05) is 32.7 Å². The number of carbonyl (C=O) groups excluding carboxylic acids is 1. The summed E-state index contributed by atoms with van der Waals surface area (Å²) in [5.41, 5.74) is 2.02. The smallest absolute Gasteiger partial charge is 0.287 e. The Balaban J connectivity index is 0.00000338. The number of aryl methyl sites for hydroxylation is 1. The zero-order valence-electron chi connectivity index (χ0n) is 15.5. The molecule has 2 N–H and O–H groups in total. The van der Waals surface area contributed by atoms with E-state index in [4.69, 9.17) is 4.42 Å². The molecule has 7 heteroatoms. The van der Waals surface area contributed by atoms with Crippen molar-refractivity contribution in [2.45, 2.75) is 19.9 Å². The number of nitrogens with zero attached hydrogens (tertiary/aromatic N) is 2. The topological polar surface area (TPSA) is 69.9 Å². The zero-order valence-corrected chi connectivity index (χ0v) is 17.8. The molecule has 6 nitrogen and oxygen atoms in total. The first-order chi connectivity index (χ1) is 12.1. The highest BCUT2D eigenvalue weighted by Gasteiger charge is 2.11. The Labute approximate surface area is 172 Å². The first kappa shape index (κ1) is 22.0. The van der Waals surface area contributed by atoms with Crippen LogP contribution in [0.5, 0.6) is 0 Å². The summed E-state index contributed by atoms with van der Waals surface area (Å²) in [5, 5.41) is 6.17. The lowest BCUT2D eigenvalue weighted by Gasteiger charge is -2.17. The van der Waals surface area contributed by atoms with Crippen molar-refractivity contribution >= 4 is 35.8 Å². The van der Waals surface area contributed by atoms with Gasteiger partial charge in [0.15, 0.2) is 11.7 Å². The summed E-state index contributed by atoms with van der Waals surface area (Å²) in [6.07, 6.45) is 2.32. The number of halogens is 1. The van der Waals surface area contributed by atoms with E-state index in [2.05, 4.69) is 27.8 Å². The van der Waals surface area contributed by atoms with Crippen molar-refractivity contribution in [2.75, 3.05) is 27.2 Å². The van der Waals surface area contributed by atoms with E-state index in [1.165, 1.54) is 11.8 Å². The van der Waals surface area contributed by atoms with Gasteiger partial charge in [-0.15, -0.1) is 24.0 Å². The van der Waals surface area contributed by atoms with Crippen molar-refractivity contribution < 1.29 is 9.21 Å². The molecule has 0 saturated heterocycles. The van der Waals surface area contributed by atoms with Crippen LogP contribution >= 0.6 is 24.0 Å². The van der Waals surface area contributed by atoms with Gasteiger partial charge in [-0.2, -0.15) is 0 Å². The molecule has 26 heavy (non-hydrogen) atoms. The summed E-state index contributed by atoms with van der Waals surface area (Å²) in [6.45, 7) is 3.79. The van der Waals surface area contributed by atoms with Crippen LogP contribution in [-0.2, 0) is 6.54 Å². The Hall–Kier alpha value is -2.03. The van der Waals surface area contributed by atoms with Crippen LogP contribution in [-0.4, -0.2) is 44.0 Å². The number of rotatable bonds is 7. The maximum atomic E-state index is 11.9. The van der Waals surface area contributed by atoms with Crippen LogP contribution in [0.1, 0.15) is 28.1 Å². The minimum absolute atomic E-state index is 0. The summed E-state index contributed by atoms with van der Waals surface area (Å²) >= 11 is 0. The molecular formula is C19H27IN4O2. The first-order valence-corrected chi connectivity index (χ1v) is 8.40. The number of carbonyl (C=O) groups is 1. The average molecular weight is 470 g/mol. The molecule has 0 aliphatic heterocycles. The Morgan fingerprint density at radius 3 is 2.42 bits per heavy atom. The van der Waals surface area contributed by atoms with Gasteiger partial charge in [0.25, 0.3) is 5.91 Å². The highest BCUT2D eigenvalue weighted by Crippen LogP contribution is 2.07. The van der Waals surface area contributed by atoms with Crippen molar-refractivity contribution in [2.24, 2.45) is 4.99 Å². The summed E-state index contributed by atoms with van der Waals surface area (Å²) in [7, 11) is 3.91. The third-order valence-corrected chi connectivity index (χ3v) is 3.67. The van der Waals surface area contributed by atoms with E-state index >= 15 is 0 Å². The summed E-state index contributed by atoms with van der Waals surface area (Å²) in [4.78, 5) is 18.5. The Morgan fingerprint density at radius 2 is 1.81 bits per heavy atom. The van der Waals surface area contributed by atoms with E-state index in [0.29, 0.717) is 18.8 Å². The second-order valence-electron chi connectivity index (χ2n) is 5.99. The van der Waals surface area contributed by atoms with Crippen LogP contribution in [0.3, 0.4) is 0 Å². The average Bonchev–Trinajstić information content (AvgIpc) is 3.03. The fourth-order valence-corrected chi connectivity index (χ4v) is 2.28. The number of furan rings is 1. The molecule has 0 fully saturated rings. The molecule has 1 aromatic heterocycles. The summed E-state index contributed by atoms with van der Waals surface area (Å²) in [5.74, 6) is 1.04. The van der Waals surface area contributed by atoms with Crippen molar-refractivity contribution in [3.63, 3.8) is 0 Å². The molecule has 0 spiro atoms. The van der Waals surface area contributed by atoms with Gasteiger partial charge < -0.3 is 20.0 Å². The van der Waals surface area contributed by atoms with Gasteiger partial charge in [-0.05, 0) is 25.0 Å². The first-order valence-electron chi connectivity index (χ1n) is 8.40. The van der Waals surface area contributed by atoms with Gasteiger partial charge >= 0.3 is 0 Å². The van der Waals surface area contributed by atoms with E-state index < -0.39 is 0 Å². The summed E-state index contributed by atoms with van der Waals surface area (Å²) < 4.78 is 5.17. The lowest BCUT2D eigenvalue weighted by Crippen LogP contribution is -2.38. The number of guanidine groups is 1. The molecule has 2 aromatic rings. The third kappa shape index (κ3) is 7.07. The maximum Gasteiger partial charge on any atom is 0.287 e. The van der Waals surface area contributed by atoms with E-state index in [1.807, 2.05) is 44.1 Å². The minimum Gasteiger partial charge on any atom is -0.459 e. The molecule has 0 atom stereocenters. The Morgan fingerprint density at radius 1 is 1.12 bits per heavy atom. The van der Waals surface area contributed by atoms with Crippen LogP contribution < -0.4 is 10.6 Å². The predicted molar refractivity (Wildman–Crippen MR) is 115 cm³/mol. The SMILES string of the molecule is Cc1ccoc1C(=O)NCCCNC(=NCc1ccccc1)N(C)C.I. The van der Waals surface area contributed by atoms with Gasteiger partial charge in [0.2, 0.25) is 0 Å². The number of aliphatic imine (C=N–C) groups is 1. The molecule has 1 heterocycles. The van der Waals surface area contributed by atoms with Crippen molar-refractivity contribution in [1.29, 1.82) is 0 Å². The van der Waals surface area contributed by atoms with Crippen molar-refractivity contribution in [3.05, 3.63) is 59.5 Å². The molecule has 0 radical (unpaired) electrons. The third-order valence-electron chi connectivity index (χ3n) is 3.67. The molecule has 142 valence electrons. The standard InChI is InChI=1S/C19H26N4O2.HI/c1-15-10-13-25-17(15)18(24)20-11-7-12-21-19(23(2)3)22-14-16-8-5-4-6-9-16;/h4-6,8-10,13H,7,11-12,14H2,1-3H3,(H,20,24)(H,21,22);1H. The van der Waals surface area contributed by atoms with Crippen LogP contribution in [0.25, 0.3) is 0 Å². The van der Waals surface area contributed by atoms with Gasteiger partial charge in [-0.3, -0.25) is 4.79 Å². The number of amides is 1. The zero-order chi connectivity index (χ0) is 18.1. The number of hydrogen-bond acceptors (Lipinski definition) is 3. The highest BCUT2D eigenvalue weighted by atomic mass is 127. The number of benzene rings is 1. The van der Waals surface area contributed by atoms with Gasteiger partial charge in [0.1, 0.15) is 0 Å². The highest BCUT2D eigenvalue weighted by molar-refractivity contribution is 14.0. The molecule has 1 amide bonds. The van der Waals surface area contributed by atoms with E-state index in [-0.39, 0.29) is 29.9 Å². The van der Waals surface area contributed by atoms with Crippen LogP contribution in [0.4, 0.5) is 0 Å². The number of hydrogen-bond donors (Lipinski definition) is 2. The molecule has 1 aromatic carbocycles. The fourth-order valence-electron chi connectivity index (χ4n) is 2.28. The minimum atomic E-state index is -0.173. The normalized spacial score (nSPS) is 10.8. The van der Waals surface area contributed by atoms with Crippen molar-refractivity contribution in [3.8, 4) is 0 Å². The van der Waals surface area contributed by atoms with Crippen LogP contribution in [0.2, 0.25) is 0 Å². The van der Waals surface area contributed by atoms with E-state index in [1.54, 1.807) is 6.07 Å². The molecule has 2 rings (SSSR count). The van der Waals surface area contributed by atoms with Crippen LogP contribution in [0.15, 0.2) is 52.1 Å². The lowest BCUT2D eigenvalue weighted by molar-refractivity contribution is 0.0925. The largest absolute Gasteiger partial charge is 0.459 e. The quantitative estimate of drug-likeness (QED) is 0.283. The fraction of sp³-hybridized carbons (Fsp3) is 0.368. The second-order valence-corrected chi connectivity index (χ2v) is 5.99. The van der Waals surface area contributed by atoms with Crippen molar-refractivity contribution in [1.82, 2.24) is 15.5 Å². The molecule has 0 unspecified atom stereocenters. The second kappa shape index (κ2) is 11.6. The molecule has 0 saturated carbocycles. The molecule has 0 aliphatic rings. The molecular weight excluding hydrogens is 443 g/mol. The predicted octanol–water partition coefficient (Wildman–Crippen LogP) is 3.03. The van der Waals surface area contributed by atoms with Gasteiger partial charge in [-0.1, -0.05) is 30.3 Å². The maximum absolute atomic E-state index is 11.9. The molecule has 0 aliphatic carbocycles. The van der Waals surface area contributed by atoms with Crippen LogP contribution in [0, 0.1) is 6.92 Å². The van der Waals surface area contributed by atoms with E-state index in [0.717, 1.165) is 24.5 Å². The molecule has 0 bridgehead atoms. The Bertz CT molecular complexity index is 699. The number of nitrogens with one attached hydrogen (secondary N) is 2. The summed E-state index contributed by atoms with van der Waals surface area (Å²) in [6, 6.07) is 11.9. The lowest BCUT2D eigenvalue weighted by atomic mass is 10.2. The van der Waals surface area contributed by atoms with E-state index in [9.17, 15) is 4.79 Å². The van der Waals surface area contributed by atoms with Gasteiger partial charge in [0.05, 0.1) is 12.8 Å². The Kier molecular flexibility index (Phi) is 9.79.